The molecule has 0 aliphatic heterocycles. The van der Waals surface area contributed by atoms with Gasteiger partial charge in [-0.05, 0) is 29.8 Å². The summed E-state index contributed by atoms with van der Waals surface area (Å²) in [6.45, 7) is 0. The summed E-state index contributed by atoms with van der Waals surface area (Å²) in [6, 6.07) is 9.82. The zero-order valence-corrected chi connectivity index (χ0v) is 15.3. The number of rotatable bonds is 5. The number of aromatic nitrogens is 1. The molecule has 1 heterocycles. The van der Waals surface area contributed by atoms with Crippen molar-refractivity contribution >= 4 is 23.4 Å². The van der Waals surface area contributed by atoms with E-state index in [1.807, 2.05) is 0 Å². The van der Waals surface area contributed by atoms with Gasteiger partial charge < -0.3 is 15.2 Å². The van der Waals surface area contributed by atoms with E-state index in [-0.39, 0.29) is 11.3 Å². The first-order chi connectivity index (χ1) is 13.4. The molecule has 0 aliphatic rings. The van der Waals surface area contributed by atoms with E-state index in [4.69, 9.17) is 16.1 Å². The number of hydrogen-bond donors (Lipinski definition) is 2. The SMILES string of the molecule is CNC(=O)C(NC(=O)c1cc(-c2cccc(Cl)c2)on1)c1ccc(F)c(F)c1. The predicted octanol–water partition coefficient (Wildman–Crippen LogP) is 3.49. The van der Waals surface area contributed by atoms with E-state index < -0.39 is 29.5 Å². The van der Waals surface area contributed by atoms with Gasteiger partial charge in [0.2, 0.25) is 5.91 Å². The molecule has 0 saturated carbocycles. The lowest BCUT2D eigenvalue weighted by molar-refractivity contribution is -0.122. The Hall–Kier alpha value is -3.26. The molecule has 1 aromatic heterocycles. The van der Waals surface area contributed by atoms with Gasteiger partial charge in [-0.25, -0.2) is 8.78 Å². The summed E-state index contributed by atoms with van der Waals surface area (Å²) in [4.78, 5) is 24.6. The largest absolute Gasteiger partial charge is 0.357 e. The zero-order valence-electron chi connectivity index (χ0n) is 14.5. The van der Waals surface area contributed by atoms with Crippen molar-refractivity contribution in [2.24, 2.45) is 0 Å². The summed E-state index contributed by atoms with van der Waals surface area (Å²) >= 11 is 5.93. The topological polar surface area (TPSA) is 84.2 Å². The molecule has 0 radical (unpaired) electrons. The van der Waals surface area contributed by atoms with Crippen LogP contribution in [-0.4, -0.2) is 24.0 Å². The molecule has 0 spiro atoms. The first-order valence-electron chi connectivity index (χ1n) is 8.09. The van der Waals surface area contributed by atoms with Gasteiger partial charge in [-0.3, -0.25) is 9.59 Å². The second kappa shape index (κ2) is 8.18. The van der Waals surface area contributed by atoms with Crippen molar-refractivity contribution in [2.75, 3.05) is 7.05 Å². The average Bonchev–Trinajstić information content (AvgIpc) is 3.18. The molecule has 3 rings (SSSR count). The van der Waals surface area contributed by atoms with Gasteiger partial charge in [0.15, 0.2) is 23.1 Å². The molecule has 1 atom stereocenters. The van der Waals surface area contributed by atoms with Crippen molar-refractivity contribution in [3.63, 3.8) is 0 Å². The number of halogens is 3. The third-order valence-corrected chi connectivity index (χ3v) is 4.15. The number of benzene rings is 2. The van der Waals surface area contributed by atoms with Crippen LogP contribution in [0.1, 0.15) is 22.1 Å². The number of nitrogens with zero attached hydrogens (tertiary/aromatic N) is 1. The number of amides is 2. The highest BCUT2D eigenvalue weighted by molar-refractivity contribution is 6.30. The van der Waals surface area contributed by atoms with Gasteiger partial charge in [0.25, 0.3) is 5.91 Å². The minimum atomic E-state index is -1.25. The summed E-state index contributed by atoms with van der Waals surface area (Å²) in [5.74, 6) is -3.23. The quantitative estimate of drug-likeness (QED) is 0.680. The Morgan fingerprint density at radius 2 is 1.89 bits per heavy atom. The monoisotopic (exact) mass is 405 g/mol. The van der Waals surface area contributed by atoms with Crippen LogP contribution in [0.15, 0.2) is 53.1 Å². The van der Waals surface area contributed by atoms with E-state index in [0.717, 1.165) is 12.1 Å². The summed E-state index contributed by atoms with van der Waals surface area (Å²) in [7, 11) is 1.36. The van der Waals surface area contributed by atoms with Gasteiger partial charge in [-0.1, -0.05) is 35.0 Å². The van der Waals surface area contributed by atoms with Gasteiger partial charge in [0.1, 0.15) is 6.04 Å². The third kappa shape index (κ3) is 4.17. The number of carbonyl (C=O) groups excluding carboxylic acids is 2. The van der Waals surface area contributed by atoms with Crippen molar-refractivity contribution in [3.05, 3.63) is 76.4 Å². The van der Waals surface area contributed by atoms with Crippen LogP contribution in [0.25, 0.3) is 11.3 Å². The fourth-order valence-corrected chi connectivity index (χ4v) is 2.69. The molecule has 1 unspecified atom stereocenters. The van der Waals surface area contributed by atoms with Crippen LogP contribution in [0.4, 0.5) is 8.78 Å². The normalized spacial score (nSPS) is 11.7. The van der Waals surface area contributed by atoms with Gasteiger partial charge in [0, 0.05) is 23.7 Å². The Balaban J connectivity index is 1.84. The molecule has 0 fully saturated rings. The maximum Gasteiger partial charge on any atom is 0.274 e. The van der Waals surface area contributed by atoms with Gasteiger partial charge in [-0.2, -0.15) is 0 Å². The van der Waals surface area contributed by atoms with E-state index >= 15 is 0 Å². The summed E-state index contributed by atoms with van der Waals surface area (Å²) in [5, 5.41) is 8.97. The fourth-order valence-electron chi connectivity index (χ4n) is 2.50. The molecule has 144 valence electrons. The molecule has 2 amide bonds. The van der Waals surface area contributed by atoms with E-state index in [0.29, 0.717) is 16.3 Å². The van der Waals surface area contributed by atoms with Crippen molar-refractivity contribution in [1.29, 1.82) is 0 Å². The minimum absolute atomic E-state index is 0.0742. The summed E-state index contributed by atoms with van der Waals surface area (Å²) in [5.41, 5.74) is 0.596. The Morgan fingerprint density at radius 1 is 1.11 bits per heavy atom. The number of nitrogens with one attached hydrogen (secondary N) is 2. The van der Waals surface area contributed by atoms with E-state index in [9.17, 15) is 18.4 Å². The first-order valence-corrected chi connectivity index (χ1v) is 8.47. The minimum Gasteiger partial charge on any atom is -0.357 e. The van der Waals surface area contributed by atoms with Crippen molar-refractivity contribution in [1.82, 2.24) is 15.8 Å². The molecule has 2 N–H and O–H groups in total. The fraction of sp³-hybridized carbons (Fsp3) is 0.105. The maximum atomic E-state index is 13.5. The van der Waals surface area contributed by atoms with E-state index in [2.05, 4.69) is 15.8 Å². The van der Waals surface area contributed by atoms with Crippen LogP contribution in [0, 0.1) is 11.6 Å². The highest BCUT2D eigenvalue weighted by Gasteiger charge is 2.25. The molecule has 28 heavy (non-hydrogen) atoms. The van der Waals surface area contributed by atoms with Gasteiger partial charge in [0.05, 0.1) is 0 Å². The Kier molecular flexibility index (Phi) is 5.70. The first kappa shape index (κ1) is 19.5. The average molecular weight is 406 g/mol. The molecule has 0 aliphatic carbocycles. The van der Waals surface area contributed by atoms with Gasteiger partial charge in [-0.15, -0.1) is 0 Å². The molecule has 2 aromatic carbocycles. The number of likely N-dealkylation sites (N-methyl/N-ethyl adjacent to an activating group) is 1. The third-order valence-electron chi connectivity index (χ3n) is 3.91. The van der Waals surface area contributed by atoms with Crippen molar-refractivity contribution in [3.8, 4) is 11.3 Å². The highest BCUT2D eigenvalue weighted by Crippen LogP contribution is 2.24. The highest BCUT2D eigenvalue weighted by atomic mass is 35.5. The molecule has 9 heteroatoms. The number of hydrogen-bond acceptors (Lipinski definition) is 4. The second-order valence-electron chi connectivity index (χ2n) is 5.78. The van der Waals surface area contributed by atoms with E-state index in [1.165, 1.54) is 19.2 Å². The molecular formula is C19H14ClF2N3O3. The Morgan fingerprint density at radius 3 is 2.57 bits per heavy atom. The van der Waals surface area contributed by atoms with Crippen LogP contribution in [0.5, 0.6) is 0 Å². The van der Waals surface area contributed by atoms with Crippen LogP contribution in [0.3, 0.4) is 0 Å². The Labute approximate surface area is 163 Å². The molecule has 6 nitrogen and oxygen atoms in total. The molecule has 0 bridgehead atoms. The predicted molar refractivity (Wildman–Crippen MR) is 97.6 cm³/mol. The molecule has 3 aromatic rings. The molecule has 0 saturated heterocycles. The second-order valence-corrected chi connectivity index (χ2v) is 6.22. The van der Waals surface area contributed by atoms with Gasteiger partial charge >= 0.3 is 0 Å². The van der Waals surface area contributed by atoms with Crippen molar-refractivity contribution < 1.29 is 22.9 Å². The molecular weight excluding hydrogens is 392 g/mol. The summed E-state index contributed by atoms with van der Waals surface area (Å²) in [6.07, 6.45) is 0. The van der Waals surface area contributed by atoms with Crippen LogP contribution in [0.2, 0.25) is 5.02 Å². The van der Waals surface area contributed by atoms with Crippen LogP contribution >= 0.6 is 11.6 Å². The summed E-state index contributed by atoms with van der Waals surface area (Å²) < 4.78 is 31.9. The lowest BCUT2D eigenvalue weighted by Crippen LogP contribution is -2.39. The lowest BCUT2D eigenvalue weighted by Gasteiger charge is -2.17. The van der Waals surface area contributed by atoms with Crippen LogP contribution in [-0.2, 0) is 4.79 Å². The maximum absolute atomic E-state index is 13.5. The lowest BCUT2D eigenvalue weighted by atomic mass is 10.1. The van der Waals surface area contributed by atoms with Crippen LogP contribution < -0.4 is 10.6 Å². The van der Waals surface area contributed by atoms with Crippen molar-refractivity contribution in [2.45, 2.75) is 6.04 Å². The standard InChI is InChI=1S/C19H14ClF2N3O3/c1-23-19(27)17(11-5-6-13(21)14(22)8-11)24-18(26)15-9-16(28-25-15)10-3-2-4-12(20)7-10/h2-9,17H,1H3,(H,23,27)(H,24,26). The van der Waals surface area contributed by atoms with E-state index in [1.54, 1.807) is 24.3 Å². The Bertz CT molecular complexity index is 1040. The smallest absolute Gasteiger partial charge is 0.274 e. The zero-order chi connectivity index (χ0) is 20.3. The number of carbonyl (C=O) groups is 2.